The number of carbonyl (C=O) groups is 1. The first-order chi connectivity index (χ1) is 10.1. The molecule has 0 spiro atoms. The number of hydrogen-bond acceptors (Lipinski definition) is 3. The van der Waals surface area contributed by atoms with Gasteiger partial charge < -0.3 is 10.4 Å². The van der Waals surface area contributed by atoms with Crippen LogP contribution in [0.3, 0.4) is 0 Å². The first kappa shape index (κ1) is 14.0. The normalized spacial score (nSPS) is 16.0. The number of carboxylic acid groups (broad SMARTS) is 1. The Balaban J connectivity index is 1.69. The number of hydrogen-bond donors (Lipinski definition) is 2. The Kier molecular flexibility index (Phi) is 3.88. The molecule has 1 aromatic carbocycles. The van der Waals surface area contributed by atoms with Gasteiger partial charge in [0.25, 0.3) is 0 Å². The molecule has 2 aromatic rings. The number of rotatable bonds is 6. The highest BCUT2D eigenvalue weighted by Crippen LogP contribution is 2.34. The van der Waals surface area contributed by atoms with Crippen LogP contribution in [0.1, 0.15) is 30.5 Å². The molecule has 1 aromatic heterocycles. The summed E-state index contributed by atoms with van der Waals surface area (Å²) in [5.41, 5.74) is 3.19. The number of pyridine rings is 1. The van der Waals surface area contributed by atoms with Crippen molar-refractivity contribution in [3.63, 3.8) is 0 Å². The molecule has 1 saturated carbocycles. The number of aliphatic carboxylic acids is 1. The van der Waals surface area contributed by atoms with E-state index in [1.54, 1.807) is 0 Å². The van der Waals surface area contributed by atoms with Gasteiger partial charge in [0.2, 0.25) is 0 Å². The zero-order valence-corrected chi connectivity index (χ0v) is 12.2. The number of nitrogens with zero attached hydrogens (tertiary/aromatic N) is 1. The number of carboxylic acids is 1. The van der Waals surface area contributed by atoms with Crippen LogP contribution in [0.2, 0.25) is 0 Å². The molecule has 4 nitrogen and oxygen atoms in total. The highest BCUT2D eigenvalue weighted by Gasteiger charge is 2.32. The monoisotopic (exact) mass is 284 g/mol. The Morgan fingerprint density at radius 2 is 2.19 bits per heavy atom. The van der Waals surface area contributed by atoms with Gasteiger partial charge in [-0.25, -0.2) is 0 Å². The molecule has 1 atom stereocenters. The van der Waals surface area contributed by atoms with Crippen molar-refractivity contribution >= 4 is 16.9 Å². The molecular formula is C17H20N2O2. The lowest BCUT2D eigenvalue weighted by molar-refractivity contribution is -0.137. The third-order valence-electron chi connectivity index (χ3n) is 4.05. The van der Waals surface area contributed by atoms with E-state index in [0.29, 0.717) is 12.5 Å². The summed E-state index contributed by atoms with van der Waals surface area (Å²) in [6, 6.07) is 10.4. The maximum absolute atomic E-state index is 10.9. The van der Waals surface area contributed by atoms with Gasteiger partial charge in [0, 0.05) is 23.7 Å². The second kappa shape index (κ2) is 5.82. The van der Waals surface area contributed by atoms with Crippen molar-refractivity contribution < 1.29 is 9.90 Å². The second-order valence-electron chi connectivity index (χ2n) is 5.90. The molecule has 3 rings (SSSR count). The Morgan fingerprint density at radius 1 is 1.38 bits per heavy atom. The molecule has 1 aliphatic carbocycles. The van der Waals surface area contributed by atoms with Crippen molar-refractivity contribution in [2.24, 2.45) is 5.92 Å². The minimum atomic E-state index is -0.724. The van der Waals surface area contributed by atoms with E-state index >= 15 is 0 Å². The third-order valence-corrected chi connectivity index (χ3v) is 4.05. The van der Waals surface area contributed by atoms with E-state index in [2.05, 4.69) is 28.5 Å². The van der Waals surface area contributed by atoms with Gasteiger partial charge in [0.15, 0.2) is 0 Å². The fourth-order valence-corrected chi connectivity index (χ4v) is 2.73. The molecule has 0 bridgehead atoms. The molecule has 0 unspecified atom stereocenters. The van der Waals surface area contributed by atoms with Crippen molar-refractivity contribution in [2.75, 3.05) is 0 Å². The van der Waals surface area contributed by atoms with Crippen molar-refractivity contribution in [3.05, 3.63) is 41.6 Å². The average molecular weight is 284 g/mol. The van der Waals surface area contributed by atoms with Crippen LogP contribution in [0.5, 0.6) is 0 Å². The molecule has 110 valence electrons. The van der Waals surface area contributed by atoms with Crippen molar-refractivity contribution in [2.45, 2.75) is 38.8 Å². The number of aromatic nitrogens is 1. The molecule has 0 saturated heterocycles. The van der Waals surface area contributed by atoms with Crippen LogP contribution in [0.25, 0.3) is 10.9 Å². The lowest BCUT2D eigenvalue weighted by atomic mass is 10.1. The van der Waals surface area contributed by atoms with Gasteiger partial charge in [-0.2, -0.15) is 0 Å². The largest absolute Gasteiger partial charge is 0.481 e. The fraction of sp³-hybridized carbons (Fsp3) is 0.412. The summed E-state index contributed by atoms with van der Waals surface area (Å²) >= 11 is 0. The van der Waals surface area contributed by atoms with Crippen molar-refractivity contribution in [1.29, 1.82) is 0 Å². The Bertz CT molecular complexity index is 665. The lowest BCUT2D eigenvalue weighted by Gasteiger charge is -2.16. The van der Waals surface area contributed by atoms with Crippen LogP contribution in [0.15, 0.2) is 30.3 Å². The van der Waals surface area contributed by atoms with Gasteiger partial charge in [0.05, 0.1) is 11.9 Å². The Hall–Kier alpha value is -1.94. The fourth-order valence-electron chi connectivity index (χ4n) is 2.73. The zero-order chi connectivity index (χ0) is 14.8. The highest BCUT2D eigenvalue weighted by molar-refractivity contribution is 5.79. The van der Waals surface area contributed by atoms with E-state index < -0.39 is 5.97 Å². The van der Waals surface area contributed by atoms with Crippen LogP contribution in [-0.2, 0) is 11.3 Å². The number of benzene rings is 1. The quantitative estimate of drug-likeness (QED) is 0.856. The molecule has 2 N–H and O–H groups in total. The maximum Gasteiger partial charge on any atom is 0.304 e. The van der Waals surface area contributed by atoms with Gasteiger partial charge in [0.1, 0.15) is 0 Å². The topological polar surface area (TPSA) is 62.2 Å². The lowest BCUT2D eigenvalue weighted by Crippen LogP contribution is -2.32. The SMILES string of the molecule is Cc1ccc2cc(CN[C@@H](CC(=O)O)C3CC3)ccc2n1. The van der Waals surface area contributed by atoms with E-state index in [-0.39, 0.29) is 12.5 Å². The summed E-state index contributed by atoms with van der Waals surface area (Å²) in [6.45, 7) is 2.69. The molecule has 1 aliphatic rings. The molecule has 1 heterocycles. The van der Waals surface area contributed by atoms with Crippen LogP contribution in [-0.4, -0.2) is 22.1 Å². The Labute approximate surface area is 124 Å². The number of nitrogens with one attached hydrogen (secondary N) is 1. The zero-order valence-electron chi connectivity index (χ0n) is 12.2. The first-order valence-corrected chi connectivity index (χ1v) is 7.43. The van der Waals surface area contributed by atoms with Gasteiger partial charge >= 0.3 is 5.97 Å². The highest BCUT2D eigenvalue weighted by atomic mass is 16.4. The summed E-state index contributed by atoms with van der Waals surface area (Å²) in [5, 5.41) is 13.5. The molecular weight excluding hydrogens is 264 g/mol. The second-order valence-corrected chi connectivity index (χ2v) is 5.90. The molecule has 4 heteroatoms. The minimum absolute atomic E-state index is 0.0920. The standard InChI is InChI=1S/C17H20N2O2/c1-11-2-4-14-8-12(3-7-15(14)19-11)10-18-16(9-17(20)21)13-5-6-13/h2-4,7-8,13,16,18H,5-6,9-10H2,1H3,(H,20,21)/t16-/m0/s1. The van der Waals surface area contributed by atoms with E-state index in [9.17, 15) is 4.79 Å². The van der Waals surface area contributed by atoms with E-state index in [4.69, 9.17) is 5.11 Å². The van der Waals surface area contributed by atoms with Gasteiger partial charge in [-0.05, 0) is 49.4 Å². The summed E-state index contributed by atoms with van der Waals surface area (Å²) in [4.78, 5) is 15.4. The molecule has 0 radical (unpaired) electrons. The van der Waals surface area contributed by atoms with E-state index in [0.717, 1.165) is 29.4 Å². The number of aryl methyl sites for hydroxylation is 1. The maximum atomic E-state index is 10.9. The van der Waals surface area contributed by atoms with Crippen LogP contribution in [0, 0.1) is 12.8 Å². The van der Waals surface area contributed by atoms with Crippen LogP contribution in [0.4, 0.5) is 0 Å². The summed E-state index contributed by atoms with van der Waals surface area (Å²) < 4.78 is 0. The van der Waals surface area contributed by atoms with Crippen LogP contribution >= 0.6 is 0 Å². The molecule has 21 heavy (non-hydrogen) atoms. The third kappa shape index (κ3) is 3.58. The number of fused-ring (bicyclic) bond motifs is 1. The van der Waals surface area contributed by atoms with Crippen molar-refractivity contribution in [3.8, 4) is 0 Å². The van der Waals surface area contributed by atoms with Crippen LogP contribution < -0.4 is 5.32 Å². The predicted molar refractivity (Wildman–Crippen MR) is 82.1 cm³/mol. The van der Waals surface area contributed by atoms with Gasteiger partial charge in [-0.1, -0.05) is 12.1 Å². The summed E-state index contributed by atoms with van der Waals surface area (Å²) in [7, 11) is 0. The Morgan fingerprint density at radius 3 is 2.90 bits per heavy atom. The average Bonchev–Trinajstić information content (AvgIpc) is 3.27. The molecule has 0 aliphatic heterocycles. The molecule has 0 amide bonds. The predicted octanol–water partition coefficient (Wildman–Crippen LogP) is 2.89. The van der Waals surface area contributed by atoms with Crippen molar-refractivity contribution in [1.82, 2.24) is 10.3 Å². The van der Waals surface area contributed by atoms with Gasteiger partial charge in [-0.15, -0.1) is 0 Å². The van der Waals surface area contributed by atoms with Gasteiger partial charge in [-0.3, -0.25) is 9.78 Å². The van der Waals surface area contributed by atoms with E-state index in [1.807, 2.05) is 19.1 Å². The van der Waals surface area contributed by atoms with E-state index in [1.165, 1.54) is 5.56 Å². The summed E-state index contributed by atoms with van der Waals surface area (Å²) in [5.74, 6) is -0.191. The molecule has 1 fully saturated rings. The minimum Gasteiger partial charge on any atom is -0.481 e. The summed E-state index contributed by atoms with van der Waals surface area (Å²) in [6.07, 6.45) is 2.50. The smallest absolute Gasteiger partial charge is 0.304 e. The first-order valence-electron chi connectivity index (χ1n) is 7.43.